The third kappa shape index (κ3) is 7.81. The number of nitrogens with two attached hydrogens (primary N) is 2. The Balaban J connectivity index is 0.000000262. The summed E-state index contributed by atoms with van der Waals surface area (Å²) >= 11 is 0.675. The molecule has 2 fully saturated rings. The van der Waals surface area contributed by atoms with Crippen LogP contribution in [0.25, 0.3) is 32.1 Å². The lowest BCUT2D eigenvalue weighted by molar-refractivity contribution is -0.138. The molecule has 19 heteroatoms. The molecule has 0 spiro atoms. The van der Waals surface area contributed by atoms with Crippen molar-refractivity contribution < 1.29 is 35.8 Å². The number of halogens is 6. The zero-order valence-electron chi connectivity index (χ0n) is 31.2. The fraction of sp³-hybridized carbons (Fsp3) is 0.333. The van der Waals surface area contributed by atoms with E-state index in [-0.39, 0.29) is 63.4 Å². The molecule has 6 aromatic rings. The van der Waals surface area contributed by atoms with E-state index in [2.05, 4.69) is 29.8 Å². The Morgan fingerprint density at radius 2 is 1.88 bits per heavy atom. The van der Waals surface area contributed by atoms with Gasteiger partial charge in [-0.05, 0) is 50.4 Å². The van der Waals surface area contributed by atoms with Gasteiger partial charge < -0.3 is 25.8 Å². The van der Waals surface area contributed by atoms with Gasteiger partial charge in [0.25, 0.3) is 0 Å². The lowest BCUT2D eigenvalue weighted by atomic mass is 9.91. The quantitative estimate of drug-likeness (QED) is 0.167. The van der Waals surface area contributed by atoms with Crippen molar-refractivity contribution in [3.63, 3.8) is 0 Å². The van der Waals surface area contributed by atoms with E-state index in [9.17, 15) is 27.2 Å². The Kier molecular flexibility index (Phi) is 11.4. The first kappa shape index (κ1) is 40.2. The van der Waals surface area contributed by atoms with Crippen LogP contribution in [-0.2, 0) is 12.7 Å². The average molecular weight is 823 g/mol. The van der Waals surface area contributed by atoms with Crippen LogP contribution in [0, 0.1) is 29.9 Å². The van der Waals surface area contributed by atoms with E-state index in [0.717, 1.165) is 30.8 Å². The van der Waals surface area contributed by atoms with Gasteiger partial charge in [0, 0.05) is 60.4 Å². The minimum absolute atomic E-state index is 0.0347. The standard InChI is InChI=1S/C27H18F5N7O2S.C7H12FN.C5H6N2/c1-40-26-37-20-17-21(41-8-7-39(25(17)38-26)10-11-3-2-6-36-23(11)34)18(27(30,31)32)16(19(20)29)12-4-5-14(28)22-15(12)13(9-33)24(35)42-22;8-6-4-7-2-1-3-9(7)5-6;1-5-4-6-2-3-7-5/h2-6H,7-8,10,35H2,1H3,(H2,34,36);6-7H,1-5H2;2-4H,1H3. The third-order valence-electron chi connectivity index (χ3n) is 10.0. The summed E-state index contributed by atoms with van der Waals surface area (Å²) in [6.45, 7) is 3.60. The van der Waals surface area contributed by atoms with Crippen LogP contribution in [0.5, 0.6) is 11.8 Å². The van der Waals surface area contributed by atoms with Gasteiger partial charge in [0.05, 0.1) is 35.0 Å². The number of nitrogens with zero attached hydrogens (tertiary/aromatic N) is 8. The lowest BCUT2D eigenvalue weighted by Gasteiger charge is -2.24. The van der Waals surface area contributed by atoms with Gasteiger partial charge in [-0.1, -0.05) is 12.1 Å². The van der Waals surface area contributed by atoms with Gasteiger partial charge >= 0.3 is 12.2 Å². The largest absolute Gasteiger partial charge is 0.490 e. The van der Waals surface area contributed by atoms with Crippen LogP contribution >= 0.6 is 11.3 Å². The van der Waals surface area contributed by atoms with E-state index >= 15 is 4.39 Å². The highest BCUT2D eigenvalue weighted by atomic mass is 32.1. The van der Waals surface area contributed by atoms with E-state index in [1.807, 2.05) is 6.92 Å². The summed E-state index contributed by atoms with van der Waals surface area (Å²) in [7, 11) is 1.23. The molecule has 0 amide bonds. The second-order valence-corrected chi connectivity index (χ2v) is 14.7. The van der Waals surface area contributed by atoms with Crippen LogP contribution in [0.4, 0.5) is 43.0 Å². The van der Waals surface area contributed by atoms with Gasteiger partial charge in [0.15, 0.2) is 5.82 Å². The smallest absolute Gasteiger partial charge is 0.420 e. The molecular formula is C39H36F6N10O2S. The fourth-order valence-corrected chi connectivity index (χ4v) is 8.42. The first-order valence-electron chi connectivity index (χ1n) is 18.1. The molecule has 2 aromatic carbocycles. The number of alkyl halides is 4. The average Bonchev–Trinajstić information content (AvgIpc) is 3.85. The van der Waals surface area contributed by atoms with Crippen molar-refractivity contribution in [3.05, 3.63) is 83.1 Å². The monoisotopic (exact) mass is 822 g/mol. The number of nitrogen functional groups attached to an aromatic ring is 2. The first-order chi connectivity index (χ1) is 27.8. The Labute approximate surface area is 332 Å². The molecule has 2 atom stereocenters. The van der Waals surface area contributed by atoms with E-state index < -0.39 is 51.9 Å². The highest BCUT2D eigenvalue weighted by Gasteiger charge is 2.44. The Bertz CT molecular complexity index is 2500. The number of methoxy groups -OCH3 is 1. The zero-order valence-corrected chi connectivity index (χ0v) is 32.0. The molecule has 302 valence electrons. The summed E-state index contributed by atoms with van der Waals surface area (Å²) in [4.78, 5) is 24.0. The van der Waals surface area contributed by atoms with Gasteiger partial charge in [-0.15, -0.1) is 11.3 Å². The van der Waals surface area contributed by atoms with E-state index in [1.54, 1.807) is 41.7 Å². The predicted octanol–water partition coefficient (Wildman–Crippen LogP) is 7.62. The van der Waals surface area contributed by atoms with Crippen molar-refractivity contribution >= 4 is 49.0 Å². The molecule has 4 N–H and O–H groups in total. The van der Waals surface area contributed by atoms with Gasteiger partial charge in [-0.25, -0.2) is 18.2 Å². The van der Waals surface area contributed by atoms with Gasteiger partial charge in [0.2, 0.25) is 0 Å². The minimum Gasteiger partial charge on any atom is -0.490 e. The number of aromatic nitrogens is 5. The number of anilines is 3. The molecular weight excluding hydrogens is 787 g/mol. The fourth-order valence-electron chi connectivity index (χ4n) is 7.47. The predicted molar refractivity (Wildman–Crippen MR) is 207 cm³/mol. The highest BCUT2D eigenvalue weighted by Crippen LogP contribution is 2.53. The summed E-state index contributed by atoms with van der Waals surface area (Å²) in [5, 5.41) is 9.00. The number of aryl methyl sites for hydroxylation is 1. The maximum atomic E-state index is 16.6. The summed E-state index contributed by atoms with van der Waals surface area (Å²) < 4.78 is 99.6. The van der Waals surface area contributed by atoms with Crippen LogP contribution in [0.3, 0.4) is 0 Å². The van der Waals surface area contributed by atoms with Crippen LogP contribution in [0.1, 0.15) is 41.6 Å². The maximum Gasteiger partial charge on any atom is 0.420 e. The molecule has 7 heterocycles. The number of fused-ring (bicyclic) bond motifs is 2. The highest BCUT2D eigenvalue weighted by molar-refractivity contribution is 7.23. The number of ether oxygens (including phenoxy) is 2. The molecule has 9 rings (SSSR count). The van der Waals surface area contributed by atoms with Crippen molar-refractivity contribution in [1.82, 2.24) is 29.8 Å². The summed E-state index contributed by atoms with van der Waals surface area (Å²) in [5.74, 6) is -2.82. The summed E-state index contributed by atoms with van der Waals surface area (Å²) in [5.41, 5.74) is 9.77. The van der Waals surface area contributed by atoms with E-state index in [1.165, 1.54) is 26.1 Å². The molecule has 0 bridgehead atoms. The molecule has 0 radical (unpaired) electrons. The van der Waals surface area contributed by atoms with Crippen molar-refractivity contribution in [1.29, 1.82) is 5.26 Å². The van der Waals surface area contributed by atoms with Gasteiger partial charge in [-0.2, -0.15) is 28.4 Å². The molecule has 3 aliphatic heterocycles. The van der Waals surface area contributed by atoms with Crippen molar-refractivity contribution in [2.24, 2.45) is 0 Å². The molecule has 3 aliphatic rings. The maximum absolute atomic E-state index is 16.6. The van der Waals surface area contributed by atoms with E-state index in [0.29, 0.717) is 29.5 Å². The number of thiophene rings is 1. The molecule has 0 aliphatic carbocycles. The molecule has 0 saturated carbocycles. The molecule has 2 saturated heterocycles. The summed E-state index contributed by atoms with van der Waals surface area (Å²) in [6, 6.07) is 7.29. The Hall–Kier alpha value is -6.00. The summed E-state index contributed by atoms with van der Waals surface area (Å²) in [6.07, 6.45) is 4.19. The van der Waals surface area contributed by atoms with Crippen LogP contribution in [0.2, 0.25) is 0 Å². The second-order valence-electron chi connectivity index (χ2n) is 13.7. The van der Waals surface area contributed by atoms with Crippen LogP contribution < -0.4 is 25.8 Å². The minimum atomic E-state index is -5.17. The lowest BCUT2D eigenvalue weighted by Crippen LogP contribution is -2.28. The SMILES string of the molecule is COc1nc2c3c(c(C(F)(F)F)c(-c4ccc(F)c5sc(N)c(C#N)c45)c(F)c3n1)OCCN2Cc1cccnc1N.Cc1cnccn1.FC1CC2CCCN2C1. The Morgan fingerprint density at radius 3 is 2.53 bits per heavy atom. The molecule has 4 aromatic heterocycles. The first-order valence-corrected chi connectivity index (χ1v) is 18.9. The third-order valence-corrected chi connectivity index (χ3v) is 11.0. The number of pyridine rings is 1. The molecule has 12 nitrogen and oxygen atoms in total. The van der Waals surface area contributed by atoms with Gasteiger partial charge in [-0.3, -0.25) is 14.9 Å². The molecule has 2 unspecified atom stereocenters. The van der Waals surface area contributed by atoms with Crippen molar-refractivity contribution in [2.75, 3.05) is 49.7 Å². The van der Waals surface area contributed by atoms with Gasteiger partial charge in [0.1, 0.15) is 58.1 Å². The van der Waals surface area contributed by atoms with E-state index in [4.69, 9.17) is 20.9 Å². The van der Waals surface area contributed by atoms with Crippen molar-refractivity contribution in [2.45, 2.75) is 51.1 Å². The Morgan fingerprint density at radius 1 is 1.07 bits per heavy atom. The number of benzene rings is 2. The van der Waals surface area contributed by atoms with Crippen LogP contribution in [0.15, 0.2) is 49.1 Å². The topological polar surface area (TPSA) is 165 Å². The zero-order chi connectivity index (χ0) is 41.3. The number of hydrogen-bond donors (Lipinski definition) is 2. The second kappa shape index (κ2) is 16.5. The normalized spacial score (nSPS) is 17.4. The number of rotatable bonds is 4. The number of hydrogen-bond acceptors (Lipinski definition) is 13. The van der Waals surface area contributed by atoms with Crippen LogP contribution in [-0.4, -0.2) is 75.4 Å². The molecule has 58 heavy (non-hydrogen) atoms. The van der Waals surface area contributed by atoms with Crippen molar-refractivity contribution in [3.8, 4) is 29.0 Å². The number of nitriles is 1.